The Morgan fingerprint density at radius 2 is 2.11 bits per heavy atom. The second-order valence-electron chi connectivity index (χ2n) is 5.86. The lowest BCUT2D eigenvalue weighted by Gasteiger charge is -2.00. The minimum Gasteiger partial charge on any atom is -0.497 e. The minimum absolute atomic E-state index is 0.0827. The molecule has 3 aromatic heterocycles. The van der Waals surface area contributed by atoms with Crippen LogP contribution in [0.1, 0.15) is 11.6 Å². The fourth-order valence-electron chi connectivity index (χ4n) is 2.54. The van der Waals surface area contributed by atoms with E-state index in [4.69, 9.17) is 13.8 Å². The first-order valence-corrected chi connectivity index (χ1v) is 9.32. The molecular weight excluding hydrogens is 380 g/mol. The summed E-state index contributed by atoms with van der Waals surface area (Å²) in [4.78, 5) is 17.3. The van der Waals surface area contributed by atoms with Gasteiger partial charge < -0.3 is 19.1 Å². The summed E-state index contributed by atoms with van der Waals surface area (Å²) >= 11 is 1.52. The molecule has 0 aliphatic heterocycles. The van der Waals surface area contributed by atoms with Crippen LogP contribution in [0, 0.1) is 0 Å². The van der Waals surface area contributed by atoms with Gasteiger partial charge in [0.1, 0.15) is 5.75 Å². The number of rotatable bonds is 7. The molecule has 1 aromatic carbocycles. The molecule has 1 N–H and O–H groups in total. The lowest BCUT2D eigenvalue weighted by atomic mass is 10.1. The molecule has 3 heterocycles. The molecule has 4 aromatic rings. The number of carbonyl (C=O) groups is 1. The Kier molecular flexibility index (Phi) is 5.16. The SMILES string of the molecule is COc1cccc(-c2cc(CC(=O)NCc3nc(-c4cccs4)no3)no2)c1. The highest BCUT2D eigenvalue weighted by Gasteiger charge is 2.13. The summed E-state index contributed by atoms with van der Waals surface area (Å²) in [6, 6.07) is 13.0. The lowest BCUT2D eigenvalue weighted by molar-refractivity contribution is -0.120. The van der Waals surface area contributed by atoms with Crippen molar-refractivity contribution in [3.63, 3.8) is 0 Å². The number of nitrogens with zero attached hydrogens (tertiary/aromatic N) is 3. The van der Waals surface area contributed by atoms with Gasteiger partial charge in [0.15, 0.2) is 5.76 Å². The third-order valence-electron chi connectivity index (χ3n) is 3.90. The standard InChI is InChI=1S/C19H16N4O4S/c1-25-14-5-2-4-12(8-14)15-9-13(22-26-15)10-17(24)20-11-18-21-19(23-27-18)16-6-3-7-28-16/h2-9H,10-11H2,1H3,(H,20,24). The van der Waals surface area contributed by atoms with E-state index in [0.717, 1.165) is 16.2 Å². The summed E-state index contributed by atoms with van der Waals surface area (Å²) in [5.74, 6) is 1.92. The largest absolute Gasteiger partial charge is 0.497 e. The van der Waals surface area contributed by atoms with Crippen molar-refractivity contribution >= 4 is 17.2 Å². The van der Waals surface area contributed by atoms with Crippen LogP contribution in [-0.2, 0) is 17.8 Å². The summed E-state index contributed by atoms with van der Waals surface area (Å²) in [6.07, 6.45) is 0.0827. The first-order chi connectivity index (χ1) is 13.7. The Hall–Kier alpha value is -3.46. The Bertz CT molecular complexity index is 1070. The highest BCUT2D eigenvalue weighted by Crippen LogP contribution is 2.24. The van der Waals surface area contributed by atoms with Crippen LogP contribution in [-0.4, -0.2) is 28.3 Å². The molecule has 0 atom stereocenters. The third-order valence-corrected chi connectivity index (χ3v) is 4.77. The minimum atomic E-state index is -0.221. The smallest absolute Gasteiger partial charge is 0.246 e. The van der Waals surface area contributed by atoms with Crippen molar-refractivity contribution < 1.29 is 18.6 Å². The molecular formula is C19H16N4O4S. The van der Waals surface area contributed by atoms with Gasteiger partial charge in [-0.25, -0.2) is 0 Å². The molecule has 9 heteroatoms. The van der Waals surface area contributed by atoms with Crippen molar-refractivity contribution in [3.05, 3.63) is 59.4 Å². The van der Waals surface area contributed by atoms with E-state index in [1.54, 1.807) is 13.2 Å². The molecule has 0 aliphatic carbocycles. The Balaban J connectivity index is 1.34. The van der Waals surface area contributed by atoms with Crippen LogP contribution < -0.4 is 10.1 Å². The zero-order valence-electron chi connectivity index (χ0n) is 14.9. The molecule has 28 heavy (non-hydrogen) atoms. The number of carbonyl (C=O) groups excluding carboxylic acids is 1. The van der Waals surface area contributed by atoms with Crippen LogP contribution >= 0.6 is 11.3 Å². The van der Waals surface area contributed by atoms with Gasteiger partial charge in [-0.05, 0) is 23.6 Å². The van der Waals surface area contributed by atoms with Crippen molar-refractivity contribution in [1.82, 2.24) is 20.6 Å². The average Bonchev–Trinajstić information content (AvgIpc) is 3.47. The normalized spacial score (nSPS) is 10.8. The van der Waals surface area contributed by atoms with Gasteiger partial charge in [-0.1, -0.05) is 28.5 Å². The van der Waals surface area contributed by atoms with E-state index >= 15 is 0 Å². The monoisotopic (exact) mass is 396 g/mol. The Morgan fingerprint density at radius 3 is 2.93 bits per heavy atom. The van der Waals surface area contributed by atoms with E-state index in [0.29, 0.717) is 23.2 Å². The molecule has 0 spiro atoms. The second-order valence-corrected chi connectivity index (χ2v) is 6.80. The van der Waals surface area contributed by atoms with E-state index < -0.39 is 0 Å². The van der Waals surface area contributed by atoms with Crippen LogP contribution in [0.25, 0.3) is 22.0 Å². The highest BCUT2D eigenvalue weighted by molar-refractivity contribution is 7.13. The van der Waals surface area contributed by atoms with E-state index in [1.807, 2.05) is 41.8 Å². The number of aromatic nitrogens is 3. The lowest BCUT2D eigenvalue weighted by Crippen LogP contribution is -2.24. The fraction of sp³-hybridized carbons (Fsp3) is 0.158. The van der Waals surface area contributed by atoms with Crippen molar-refractivity contribution in [1.29, 1.82) is 0 Å². The van der Waals surface area contributed by atoms with Gasteiger partial charge in [0.2, 0.25) is 17.6 Å². The summed E-state index contributed by atoms with van der Waals surface area (Å²) in [5, 5.41) is 12.5. The van der Waals surface area contributed by atoms with E-state index in [-0.39, 0.29) is 18.9 Å². The van der Waals surface area contributed by atoms with Crippen LogP contribution in [0.2, 0.25) is 0 Å². The zero-order valence-corrected chi connectivity index (χ0v) is 15.7. The number of methoxy groups -OCH3 is 1. The third kappa shape index (κ3) is 4.09. The van der Waals surface area contributed by atoms with Crippen LogP contribution in [0.5, 0.6) is 5.75 Å². The van der Waals surface area contributed by atoms with Crippen molar-refractivity contribution in [3.8, 4) is 27.8 Å². The summed E-state index contributed by atoms with van der Waals surface area (Å²) in [7, 11) is 1.60. The second kappa shape index (κ2) is 8.05. The molecule has 0 saturated carbocycles. The first-order valence-electron chi connectivity index (χ1n) is 8.44. The zero-order chi connectivity index (χ0) is 19.3. The summed E-state index contributed by atoms with van der Waals surface area (Å²) in [6.45, 7) is 0.151. The van der Waals surface area contributed by atoms with Crippen molar-refractivity contribution in [2.24, 2.45) is 0 Å². The molecule has 142 valence electrons. The van der Waals surface area contributed by atoms with Gasteiger partial charge in [0.05, 0.1) is 30.6 Å². The molecule has 0 unspecified atom stereocenters. The van der Waals surface area contributed by atoms with Gasteiger partial charge in [0, 0.05) is 11.6 Å². The van der Waals surface area contributed by atoms with Gasteiger partial charge in [-0.2, -0.15) is 4.98 Å². The molecule has 0 saturated heterocycles. The highest BCUT2D eigenvalue weighted by atomic mass is 32.1. The number of benzene rings is 1. The van der Waals surface area contributed by atoms with Crippen LogP contribution in [0.4, 0.5) is 0 Å². The van der Waals surface area contributed by atoms with Crippen LogP contribution in [0.15, 0.2) is 56.9 Å². The van der Waals surface area contributed by atoms with Crippen molar-refractivity contribution in [2.45, 2.75) is 13.0 Å². The predicted octanol–water partition coefficient (Wildman–Crippen LogP) is 3.32. The fourth-order valence-corrected chi connectivity index (χ4v) is 3.19. The quantitative estimate of drug-likeness (QED) is 0.511. The van der Waals surface area contributed by atoms with Gasteiger partial charge in [-0.3, -0.25) is 4.79 Å². The molecule has 0 fully saturated rings. The number of hydrogen-bond donors (Lipinski definition) is 1. The van der Waals surface area contributed by atoms with E-state index in [1.165, 1.54) is 11.3 Å². The molecule has 1 amide bonds. The Labute approximate surface area is 164 Å². The first kappa shape index (κ1) is 17.9. The molecule has 0 aliphatic rings. The molecule has 8 nitrogen and oxygen atoms in total. The number of nitrogens with one attached hydrogen (secondary N) is 1. The van der Waals surface area contributed by atoms with E-state index in [2.05, 4.69) is 20.6 Å². The Morgan fingerprint density at radius 1 is 1.18 bits per heavy atom. The van der Waals surface area contributed by atoms with Crippen molar-refractivity contribution in [2.75, 3.05) is 7.11 Å². The molecule has 0 bridgehead atoms. The predicted molar refractivity (Wildman–Crippen MR) is 102 cm³/mol. The average molecular weight is 396 g/mol. The van der Waals surface area contributed by atoms with Gasteiger partial charge in [0.25, 0.3) is 0 Å². The molecule has 4 rings (SSSR count). The van der Waals surface area contributed by atoms with Gasteiger partial charge >= 0.3 is 0 Å². The van der Waals surface area contributed by atoms with Crippen LogP contribution in [0.3, 0.4) is 0 Å². The number of thiophene rings is 1. The maximum atomic E-state index is 12.2. The number of amides is 1. The molecule has 0 radical (unpaired) electrons. The maximum Gasteiger partial charge on any atom is 0.246 e. The number of hydrogen-bond acceptors (Lipinski definition) is 8. The van der Waals surface area contributed by atoms with Gasteiger partial charge in [-0.15, -0.1) is 11.3 Å². The van der Waals surface area contributed by atoms with E-state index in [9.17, 15) is 4.79 Å². The summed E-state index contributed by atoms with van der Waals surface area (Å²) in [5.41, 5.74) is 1.35. The maximum absolute atomic E-state index is 12.2. The summed E-state index contributed by atoms with van der Waals surface area (Å²) < 4.78 is 15.7. The number of ether oxygens (including phenoxy) is 1. The topological polar surface area (TPSA) is 103 Å².